The molecule has 308 valence electrons. The maximum atomic E-state index is 5.50. The summed E-state index contributed by atoms with van der Waals surface area (Å²) in [7, 11) is 0. The van der Waals surface area contributed by atoms with Crippen molar-refractivity contribution in [2.75, 3.05) is 0 Å². The van der Waals surface area contributed by atoms with E-state index in [0.29, 0.717) is 5.82 Å². The van der Waals surface area contributed by atoms with E-state index in [2.05, 4.69) is 243 Å². The van der Waals surface area contributed by atoms with Gasteiger partial charge in [-0.1, -0.05) is 206 Å². The monoisotopic (exact) mass is 856 g/mol. The molecule has 0 amide bonds. The fourth-order valence-electron chi connectivity index (χ4n) is 10.7. The van der Waals surface area contributed by atoms with Crippen molar-refractivity contribution in [3.05, 3.63) is 265 Å². The second kappa shape index (κ2) is 15.5. The first kappa shape index (κ1) is 38.2. The molecule has 0 aliphatic heterocycles. The van der Waals surface area contributed by atoms with Gasteiger partial charge in [-0.25, -0.2) is 9.97 Å². The zero-order valence-corrected chi connectivity index (χ0v) is 36.7. The molecular formula is C63H40N2S. The van der Waals surface area contributed by atoms with Gasteiger partial charge in [0, 0.05) is 36.9 Å². The van der Waals surface area contributed by atoms with Gasteiger partial charge >= 0.3 is 0 Å². The molecule has 0 N–H and O–H groups in total. The second-order valence-electron chi connectivity index (χ2n) is 17.2. The first-order valence-corrected chi connectivity index (χ1v) is 23.4. The van der Waals surface area contributed by atoms with Crippen molar-refractivity contribution >= 4 is 42.3 Å². The first-order valence-electron chi connectivity index (χ1n) is 22.6. The van der Waals surface area contributed by atoms with Crippen molar-refractivity contribution in [3.8, 4) is 67.3 Å². The third-order valence-corrected chi connectivity index (χ3v) is 14.7. The molecule has 0 unspecified atom stereocenters. The van der Waals surface area contributed by atoms with E-state index in [9.17, 15) is 0 Å². The fourth-order valence-corrected chi connectivity index (χ4v) is 11.9. The Balaban J connectivity index is 1.09. The average molecular weight is 857 g/mol. The number of hydrogen-bond acceptors (Lipinski definition) is 3. The van der Waals surface area contributed by atoms with Crippen molar-refractivity contribution in [3.63, 3.8) is 0 Å². The first-order chi connectivity index (χ1) is 32.7. The van der Waals surface area contributed by atoms with Gasteiger partial charge in [0.05, 0.1) is 16.8 Å². The maximum absolute atomic E-state index is 5.50. The number of hydrogen-bond donors (Lipinski definition) is 0. The number of nitrogens with zero attached hydrogens (tertiary/aromatic N) is 2. The molecule has 10 aromatic carbocycles. The smallest absolute Gasteiger partial charge is 0.160 e. The number of fused-ring (bicyclic) bond motifs is 7. The molecule has 13 rings (SSSR count). The van der Waals surface area contributed by atoms with Crippen LogP contribution in [0.25, 0.3) is 98.2 Å². The van der Waals surface area contributed by atoms with E-state index >= 15 is 0 Å². The van der Waals surface area contributed by atoms with Crippen LogP contribution in [0.5, 0.6) is 0 Å². The number of thiophene rings is 1. The fraction of sp³-hybridized carbons (Fsp3) is 0.0159. The Labute approximate surface area is 387 Å². The minimum atomic E-state index is -0.531. The Hall–Kier alpha value is -8.24. The molecule has 2 heterocycles. The molecule has 66 heavy (non-hydrogen) atoms. The number of rotatable bonds is 7. The van der Waals surface area contributed by atoms with Crippen LogP contribution in [-0.4, -0.2) is 9.97 Å². The molecule has 2 nitrogen and oxygen atoms in total. The summed E-state index contributed by atoms with van der Waals surface area (Å²) in [4.78, 5) is 11.0. The molecule has 0 radical (unpaired) electrons. The highest BCUT2D eigenvalue weighted by Crippen LogP contribution is 2.58. The van der Waals surface area contributed by atoms with Crippen molar-refractivity contribution in [2.45, 2.75) is 5.41 Å². The van der Waals surface area contributed by atoms with Crippen molar-refractivity contribution in [2.24, 2.45) is 0 Å². The summed E-state index contributed by atoms with van der Waals surface area (Å²) in [6, 6.07) is 88.3. The van der Waals surface area contributed by atoms with E-state index in [1.165, 1.54) is 75.5 Å². The maximum Gasteiger partial charge on any atom is 0.160 e. The van der Waals surface area contributed by atoms with Crippen LogP contribution in [-0.2, 0) is 5.41 Å². The number of benzene rings is 10. The summed E-state index contributed by atoms with van der Waals surface area (Å²) < 4.78 is 2.57. The normalized spacial score (nSPS) is 12.7. The highest BCUT2D eigenvalue weighted by molar-refractivity contribution is 7.25. The van der Waals surface area contributed by atoms with E-state index in [0.717, 1.165) is 39.2 Å². The van der Waals surface area contributed by atoms with Crippen LogP contribution in [0.15, 0.2) is 243 Å². The van der Waals surface area contributed by atoms with Crippen molar-refractivity contribution in [1.29, 1.82) is 0 Å². The quantitative estimate of drug-likeness (QED) is 0.160. The summed E-state index contributed by atoms with van der Waals surface area (Å²) >= 11 is 1.85. The second-order valence-corrected chi connectivity index (χ2v) is 18.3. The van der Waals surface area contributed by atoms with Crippen LogP contribution in [0.4, 0.5) is 0 Å². The zero-order valence-electron chi connectivity index (χ0n) is 35.9. The SMILES string of the molecule is c1ccc(-c2nc(-c3cc(-c4cccc5ccccc45)cc(-c4cccc5sc6ccccc6c45)c3)cc(-c3cccc4c3-c3ccccc3C4(c3ccccc3)c3ccccc3)n2)cc1. The van der Waals surface area contributed by atoms with Crippen molar-refractivity contribution in [1.82, 2.24) is 9.97 Å². The molecule has 0 spiro atoms. The standard InChI is InChI=1S/C63H40N2S/c1-4-20-42(21-5-1)62-64-56(40-57(65-62)52-32-17-34-55-60(52)51-28-12-14-33-54(51)63(55,46-23-6-2-7-24-46)47-25-8-3-9-26-47)45-38-43(49-30-16-22-41-19-10-11-27-48(41)49)37-44(39-45)50-31-18-36-59-61(50)53-29-13-15-35-58(53)66-59/h1-40H. The molecule has 3 heteroatoms. The molecule has 2 aromatic heterocycles. The molecule has 0 fully saturated rings. The summed E-state index contributed by atoms with van der Waals surface area (Å²) in [5, 5.41) is 4.99. The van der Waals surface area contributed by atoms with Crippen LogP contribution in [0.3, 0.4) is 0 Å². The largest absolute Gasteiger partial charge is 0.228 e. The molecule has 0 saturated carbocycles. The van der Waals surface area contributed by atoms with Gasteiger partial charge in [0.15, 0.2) is 5.82 Å². The summed E-state index contributed by atoms with van der Waals surface area (Å²) in [6.07, 6.45) is 0. The Morgan fingerprint density at radius 1 is 0.333 bits per heavy atom. The zero-order chi connectivity index (χ0) is 43.6. The Bertz CT molecular complexity index is 3770. The molecule has 1 aliphatic rings. The van der Waals surface area contributed by atoms with Crippen LogP contribution >= 0.6 is 11.3 Å². The van der Waals surface area contributed by atoms with Gasteiger partial charge in [-0.2, -0.15) is 0 Å². The number of aromatic nitrogens is 2. The van der Waals surface area contributed by atoms with Gasteiger partial charge in [-0.15, -0.1) is 11.3 Å². The topological polar surface area (TPSA) is 25.8 Å². The van der Waals surface area contributed by atoms with E-state index in [-0.39, 0.29) is 0 Å². The van der Waals surface area contributed by atoms with Gasteiger partial charge in [0.1, 0.15) is 0 Å². The third kappa shape index (κ3) is 6.01. The molecule has 0 saturated heterocycles. The Morgan fingerprint density at radius 3 is 1.67 bits per heavy atom. The van der Waals surface area contributed by atoms with E-state index in [4.69, 9.17) is 9.97 Å². The summed E-state index contributed by atoms with van der Waals surface area (Å²) in [6.45, 7) is 0. The van der Waals surface area contributed by atoms with Gasteiger partial charge in [0.25, 0.3) is 0 Å². The van der Waals surface area contributed by atoms with Crippen LogP contribution in [0.2, 0.25) is 0 Å². The van der Waals surface area contributed by atoms with Gasteiger partial charge in [-0.3, -0.25) is 0 Å². The lowest BCUT2D eigenvalue weighted by Gasteiger charge is -2.33. The molecule has 0 bridgehead atoms. The average Bonchev–Trinajstić information content (AvgIpc) is 3.93. The lowest BCUT2D eigenvalue weighted by Crippen LogP contribution is -2.28. The minimum Gasteiger partial charge on any atom is -0.228 e. The van der Waals surface area contributed by atoms with E-state index in [1.54, 1.807) is 0 Å². The predicted molar refractivity (Wildman–Crippen MR) is 277 cm³/mol. The van der Waals surface area contributed by atoms with E-state index < -0.39 is 5.41 Å². The molecule has 12 aromatic rings. The van der Waals surface area contributed by atoms with Crippen LogP contribution in [0.1, 0.15) is 22.3 Å². The van der Waals surface area contributed by atoms with E-state index in [1.807, 2.05) is 11.3 Å². The molecule has 1 aliphatic carbocycles. The summed E-state index contributed by atoms with van der Waals surface area (Å²) in [5.74, 6) is 0.687. The summed E-state index contributed by atoms with van der Waals surface area (Å²) in [5.41, 5.74) is 16.4. The Kier molecular flexibility index (Phi) is 8.97. The van der Waals surface area contributed by atoms with Gasteiger partial charge < -0.3 is 0 Å². The van der Waals surface area contributed by atoms with Crippen LogP contribution in [0, 0.1) is 0 Å². The van der Waals surface area contributed by atoms with Crippen LogP contribution < -0.4 is 0 Å². The predicted octanol–water partition coefficient (Wildman–Crippen LogP) is 16.7. The minimum absolute atomic E-state index is 0.531. The Morgan fingerprint density at radius 2 is 0.864 bits per heavy atom. The van der Waals surface area contributed by atoms with Gasteiger partial charge in [-0.05, 0) is 103 Å². The highest BCUT2D eigenvalue weighted by Gasteiger charge is 2.46. The lowest BCUT2D eigenvalue weighted by molar-refractivity contribution is 0.768. The van der Waals surface area contributed by atoms with Crippen molar-refractivity contribution < 1.29 is 0 Å². The highest BCUT2D eigenvalue weighted by atomic mass is 32.1. The third-order valence-electron chi connectivity index (χ3n) is 13.6. The van der Waals surface area contributed by atoms with Gasteiger partial charge in [0.2, 0.25) is 0 Å². The molecular weight excluding hydrogens is 817 g/mol. The lowest BCUT2D eigenvalue weighted by atomic mass is 9.67. The molecule has 0 atom stereocenters.